The third-order valence-corrected chi connectivity index (χ3v) is 6.52. The van der Waals surface area contributed by atoms with Crippen molar-refractivity contribution in [3.05, 3.63) is 52.6 Å². The first kappa shape index (κ1) is 17.8. The summed E-state index contributed by atoms with van der Waals surface area (Å²) in [6.07, 6.45) is 1.21. The van der Waals surface area contributed by atoms with Gasteiger partial charge >= 0.3 is 0 Å². The molecule has 0 bridgehead atoms. The lowest BCUT2D eigenvalue weighted by molar-refractivity contribution is 0.130. The van der Waals surface area contributed by atoms with E-state index >= 15 is 0 Å². The van der Waals surface area contributed by atoms with Gasteiger partial charge in [0.05, 0.1) is 20.3 Å². The molecule has 5 rings (SSSR count). The molecule has 2 aromatic rings. The van der Waals surface area contributed by atoms with Crippen molar-refractivity contribution >= 4 is 11.4 Å². The second-order valence-electron chi connectivity index (χ2n) is 8.13. The Morgan fingerprint density at radius 2 is 2.21 bits per heavy atom. The average molecular weight is 380 g/mol. The number of ether oxygens (including phenoxy) is 2. The van der Waals surface area contributed by atoms with Crippen LogP contribution in [-0.2, 0) is 17.9 Å². The SMILES string of the molecule is COc1ccc(CNc2cc3c4c(c2)[C@@H]2CNCC[C@@H]2N4CCOC3)c(C)c1. The van der Waals surface area contributed by atoms with E-state index in [0.717, 1.165) is 38.5 Å². The maximum absolute atomic E-state index is 5.92. The fourth-order valence-corrected chi connectivity index (χ4v) is 5.08. The van der Waals surface area contributed by atoms with E-state index in [1.807, 2.05) is 6.07 Å². The summed E-state index contributed by atoms with van der Waals surface area (Å²) in [4.78, 5) is 2.63. The molecule has 5 nitrogen and oxygen atoms in total. The van der Waals surface area contributed by atoms with Gasteiger partial charge in [0.15, 0.2) is 0 Å². The number of benzene rings is 2. The van der Waals surface area contributed by atoms with Gasteiger partial charge < -0.3 is 25.0 Å². The minimum atomic E-state index is 0.588. The van der Waals surface area contributed by atoms with Crippen LogP contribution in [0.4, 0.5) is 11.4 Å². The van der Waals surface area contributed by atoms with Crippen molar-refractivity contribution in [1.29, 1.82) is 0 Å². The highest BCUT2D eigenvalue weighted by Crippen LogP contribution is 2.47. The predicted molar refractivity (Wildman–Crippen MR) is 113 cm³/mol. The topological polar surface area (TPSA) is 45.8 Å². The number of fused-ring (bicyclic) bond motifs is 3. The van der Waals surface area contributed by atoms with Crippen molar-refractivity contribution < 1.29 is 9.47 Å². The van der Waals surface area contributed by atoms with Crippen molar-refractivity contribution in [3.63, 3.8) is 0 Å². The standard InChI is InChI=1S/C23H29N3O2/c1-15-9-19(27-2)4-3-16(15)12-25-18-10-17-14-28-8-7-26-22-5-6-24-13-21(22)20(11-18)23(17)26/h3-4,9-11,21-22,24-25H,5-8,12-14H2,1-2H3/t21-,22-/m0/s1. The maximum Gasteiger partial charge on any atom is 0.119 e. The van der Waals surface area contributed by atoms with Crippen molar-refractivity contribution in [1.82, 2.24) is 5.32 Å². The van der Waals surface area contributed by atoms with Crippen LogP contribution in [0, 0.1) is 6.92 Å². The van der Waals surface area contributed by atoms with Gasteiger partial charge in [-0.3, -0.25) is 0 Å². The molecule has 3 aliphatic heterocycles. The van der Waals surface area contributed by atoms with Gasteiger partial charge in [-0.05, 0) is 60.8 Å². The second-order valence-corrected chi connectivity index (χ2v) is 8.13. The first-order valence-electron chi connectivity index (χ1n) is 10.3. The zero-order chi connectivity index (χ0) is 19.1. The minimum Gasteiger partial charge on any atom is -0.497 e. The Kier molecular flexibility index (Phi) is 4.65. The molecule has 0 amide bonds. The number of hydrogen-bond donors (Lipinski definition) is 2. The van der Waals surface area contributed by atoms with Gasteiger partial charge in [-0.2, -0.15) is 0 Å². The van der Waals surface area contributed by atoms with E-state index < -0.39 is 0 Å². The van der Waals surface area contributed by atoms with Gasteiger partial charge in [0.2, 0.25) is 0 Å². The largest absolute Gasteiger partial charge is 0.497 e. The van der Waals surface area contributed by atoms with Gasteiger partial charge in [-0.1, -0.05) is 6.07 Å². The lowest BCUT2D eigenvalue weighted by atomic mass is 9.89. The maximum atomic E-state index is 5.92. The monoisotopic (exact) mass is 379 g/mol. The quantitative estimate of drug-likeness (QED) is 0.852. The summed E-state index contributed by atoms with van der Waals surface area (Å²) in [7, 11) is 1.71. The summed E-state index contributed by atoms with van der Waals surface area (Å²) in [6.45, 7) is 7.69. The molecular weight excluding hydrogens is 350 g/mol. The van der Waals surface area contributed by atoms with Crippen LogP contribution in [0.25, 0.3) is 0 Å². The Labute approximate surface area is 167 Å². The molecule has 1 fully saturated rings. The number of aryl methyl sites for hydroxylation is 1. The molecule has 0 aromatic heterocycles. The van der Waals surface area contributed by atoms with Gasteiger partial charge in [-0.25, -0.2) is 0 Å². The van der Waals surface area contributed by atoms with Gasteiger partial charge in [-0.15, -0.1) is 0 Å². The van der Waals surface area contributed by atoms with Crippen molar-refractivity contribution in [3.8, 4) is 5.75 Å². The summed E-state index contributed by atoms with van der Waals surface area (Å²) in [5, 5.41) is 7.27. The number of methoxy groups -OCH3 is 1. The summed E-state index contributed by atoms with van der Waals surface area (Å²) in [5.74, 6) is 1.50. The molecule has 1 saturated heterocycles. The van der Waals surface area contributed by atoms with E-state index in [4.69, 9.17) is 9.47 Å². The van der Waals surface area contributed by atoms with Crippen LogP contribution in [-0.4, -0.2) is 39.4 Å². The highest BCUT2D eigenvalue weighted by atomic mass is 16.5. The Balaban J connectivity index is 1.44. The van der Waals surface area contributed by atoms with E-state index in [-0.39, 0.29) is 0 Å². The van der Waals surface area contributed by atoms with Crippen LogP contribution in [0.15, 0.2) is 30.3 Å². The van der Waals surface area contributed by atoms with Crippen molar-refractivity contribution in [2.45, 2.75) is 38.5 Å². The number of piperidine rings is 1. The molecule has 5 heteroatoms. The minimum absolute atomic E-state index is 0.588. The molecule has 0 unspecified atom stereocenters. The van der Waals surface area contributed by atoms with Crippen LogP contribution < -0.4 is 20.3 Å². The van der Waals surface area contributed by atoms with Crippen LogP contribution in [0.1, 0.15) is 34.6 Å². The second kappa shape index (κ2) is 7.30. The Hall–Kier alpha value is -2.24. The average Bonchev–Trinajstić information content (AvgIpc) is 2.88. The molecule has 3 heterocycles. The molecule has 0 aliphatic carbocycles. The lowest BCUT2D eigenvalue weighted by Gasteiger charge is -2.33. The smallest absolute Gasteiger partial charge is 0.119 e. The zero-order valence-electron chi connectivity index (χ0n) is 16.8. The molecule has 0 spiro atoms. The summed E-state index contributed by atoms with van der Waals surface area (Å²) < 4.78 is 11.3. The number of rotatable bonds is 4. The fraction of sp³-hybridized carbons (Fsp3) is 0.478. The highest BCUT2D eigenvalue weighted by Gasteiger charge is 2.41. The van der Waals surface area contributed by atoms with Gasteiger partial charge in [0.25, 0.3) is 0 Å². The Morgan fingerprint density at radius 1 is 1.29 bits per heavy atom. The van der Waals surface area contributed by atoms with E-state index in [1.165, 1.54) is 40.0 Å². The van der Waals surface area contributed by atoms with Crippen LogP contribution in [0.2, 0.25) is 0 Å². The van der Waals surface area contributed by atoms with Gasteiger partial charge in [0.1, 0.15) is 5.75 Å². The zero-order valence-corrected chi connectivity index (χ0v) is 16.8. The Bertz CT molecular complexity index is 882. The molecule has 28 heavy (non-hydrogen) atoms. The normalized spacial score (nSPS) is 23.0. The third kappa shape index (κ3) is 3.03. The highest BCUT2D eigenvalue weighted by molar-refractivity contribution is 5.72. The number of anilines is 2. The van der Waals surface area contributed by atoms with E-state index in [2.05, 4.69) is 46.7 Å². The van der Waals surface area contributed by atoms with E-state index in [1.54, 1.807) is 7.11 Å². The molecule has 3 aliphatic rings. The van der Waals surface area contributed by atoms with Crippen molar-refractivity contribution in [2.75, 3.05) is 43.6 Å². The first-order chi connectivity index (χ1) is 13.7. The van der Waals surface area contributed by atoms with Gasteiger partial charge in [0, 0.05) is 48.5 Å². The molecule has 2 atom stereocenters. The number of nitrogens with zero attached hydrogens (tertiary/aromatic N) is 1. The van der Waals surface area contributed by atoms with E-state index in [9.17, 15) is 0 Å². The molecule has 0 saturated carbocycles. The van der Waals surface area contributed by atoms with Crippen molar-refractivity contribution in [2.24, 2.45) is 0 Å². The molecular formula is C23H29N3O2. The molecule has 2 aromatic carbocycles. The lowest BCUT2D eigenvalue weighted by Crippen LogP contribution is -2.44. The number of nitrogens with one attached hydrogen (secondary N) is 2. The third-order valence-electron chi connectivity index (χ3n) is 6.52. The summed E-state index contributed by atoms with van der Waals surface area (Å²) in [5.41, 5.74) is 8.01. The molecule has 0 radical (unpaired) electrons. The summed E-state index contributed by atoms with van der Waals surface area (Å²) in [6, 6.07) is 11.6. The van der Waals surface area contributed by atoms with Crippen LogP contribution in [0.5, 0.6) is 5.75 Å². The first-order valence-corrected chi connectivity index (χ1v) is 10.3. The summed E-state index contributed by atoms with van der Waals surface area (Å²) >= 11 is 0. The predicted octanol–water partition coefficient (Wildman–Crippen LogP) is 3.41. The van der Waals surface area contributed by atoms with Crippen LogP contribution in [0.3, 0.4) is 0 Å². The van der Waals surface area contributed by atoms with E-state index in [0.29, 0.717) is 18.6 Å². The number of hydrogen-bond acceptors (Lipinski definition) is 5. The fourth-order valence-electron chi connectivity index (χ4n) is 5.08. The Morgan fingerprint density at radius 3 is 3.07 bits per heavy atom. The molecule has 2 N–H and O–H groups in total. The molecule has 148 valence electrons. The van der Waals surface area contributed by atoms with Crippen LogP contribution >= 0.6 is 0 Å².